The number of hydrogen-bond acceptors (Lipinski definition) is 3. The molecule has 0 unspecified atom stereocenters. The van der Waals surface area contributed by atoms with Crippen molar-refractivity contribution in [2.45, 2.75) is 44.6 Å². The Morgan fingerprint density at radius 2 is 1.78 bits per heavy atom. The number of likely N-dealkylation sites (tertiary alicyclic amines) is 1. The van der Waals surface area contributed by atoms with Crippen molar-refractivity contribution in [3.8, 4) is 0 Å². The molecule has 1 aromatic carbocycles. The van der Waals surface area contributed by atoms with Crippen LogP contribution in [-0.4, -0.2) is 39.4 Å². The van der Waals surface area contributed by atoms with Crippen LogP contribution in [0.4, 0.5) is 0 Å². The number of rotatable bonds is 6. The van der Waals surface area contributed by atoms with E-state index in [4.69, 9.17) is 0 Å². The molecule has 1 aliphatic rings. The molecule has 144 valence electrons. The van der Waals surface area contributed by atoms with Crippen LogP contribution in [0.3, 0.4) is 0 Å². The van der Waals surface area contributed by atoms with E-state index < -0.39 is 0 Å². The highest BCUT2D eigenvalue weighted by Gasteiger charge is 2.22. The lowest BCUT2D eigenvalue weighted by Crippen LogP contribution is -2.34. The summed E-state index contributed by atoms with van der Waals surface area (Å²) in [6, 6.07) is 9.46. The van der Waals surface area contributed by atoms with Crippen LogP contribution in [0, 0.1) is 0 Å². The zero-order chi connectivity index (χ0) is 19.1. The molecule has 1 aromatic heterocycles. The summed E-state index contributed by atoms with van der Waals surface area (Å²) >= 11 is 0. The summed E-state index contributed by atoms with van der Waals surface area (Å²) in [6.45, 7) is 1.64. The predicted molar refractivity (Wildman–Crippen MR) is 104 cm³/mol. The van der Waals surface area contributed by atoms with Gasteiger partial charge in [-0.25, -0.2) is 4.98 Å². The monoisotopic (exact) mass is 368 g/mol. The second-order valence-electron chi connectivity index (χ2n) is 7.10. The zero-order valence-corrected chi connectivity index (χ0v) is 15.9. The Morgan fingerprint density at radius 1 is 1.07 bits per heavy atom. The Morgan fingerprint density at radius 3 is 2.41 bits per heavy atom. The zero-order valence-electron chi connectivity index (χ0n) is 15.9. The van der Waals surface area contributed by atoms with E-state index in [0.717, 1.165) is 37.3 Å². The lowest BCUT2D eigenvalue weighted by molar-refractivity contribution is -0.133. The Bertz CT molecular complexity index is 749. The van der Waals surface area contributed by atoms with Gasteiger partial charge in [-0.2, -0.15) is 0 Å². The highest BCUT2D eigenvalue weighted by molar-refractivity contribution is 5.84. The van der Waals surface area contributed by atoms with Crippen LogP contribution in [0.15, 0.2) is 42.7 Å². The number of nitrogens with zero attached hydrogens (tertiary/aromatic N) is 3. The number of amides is 2. The Labute approximate surface area is 160 Å². The fraction of sp³-hybridized carbons (Fsp3) is 0.476. The minimum absolute atomic E-state index is 0.0836. The van der Waals surface area contributed by atoms with E-state index >= 15 is 0 Å². The van der Waals surface area contributed by atoms with E-state index in [1.54, 1.807) is 6.20 Å². The van der Waals surface area contributed by atoms with Crippen molar-refractivity contribution in [2.75, 3.05) is 13.1 Å². The lowest BCUT2D eigenvalue weighted by Gasteiger charge is -2.21. The second-order valence-corrected chi connectivity index (χ2v) is 7.10. The van der Waals surface area contributed by atoms with Crippen LogP contribution >= 0.6 is 0 Å². The van der Waals surface area contributed by atoms with Gasteiger partial charge < -0.3 is 14.8 Å². The molecule has 0 radical (unpaired) electrons. The minimum Gasteiger partial charge on any atom is -0.343 e. The molecule has 1 atom stereocenters. The molecular formula is C21H28N4O2. The number of nitrogens with one attached hydrogen (secondary N) is 1. The molecule has 2 amide bonds. The smallest absolute Gasteiger partial charge is 0.223 e. The lowest BCUT2D eigenvalue weighted by atomic mass is 10.1. The number of hydrogen-bond donors (Lipinski definition) is 1. The number of aryl methyl sites for hydroxylation is 1. The first-order chi connectivity index (χ1) is 13.1. The standard InChI is InChI=1S/C21H28N4O2/c1-24-16-13-22-21(24)20(17-9-5-4-6-10-17)23-18(26)11-12-19(27)25-14-7-2-3-8-15-25/h4-6,9-10,13,16,20H,2-3,7-8,11-12,14-15H2,1H3,(H,23,26)/t20-/m1/s1. The fourth-order valence-corrected chi connectivity index (χ4v) is 3.53. The molecule has 6 nitrogen and oxygen atoms in total. The highest BCUT2D eigenvalue weighted by Crippen LogP contribution is 2.20. The van der Waals surface area contributed by atoms with Crippen LogP contribution in [0.25, 0.3) is 0 Å². The molecule has 6 heteroatoms. The summed E-state index contributed by atoms with van der Waals surface area (Å²) in [5.74, 6) is 0.726. The average molecular weight is 368 g/mol. The molecule has 2 heterocycles. The summed E-state index contributed by atoms with van der Waals surface area (Å²) < 4.78 is 1.90. The van der Waals surface area contributed by atoms with Crippen molar-refractivity contribution in [3.63, 3.8) is 0 Å². The second kappa shape index (κ2) is 9.35. The molecule has 1 fully saturated rings. The molecular weight excluding hydrogens is 340 g/mol. The third-order valence-corrected chi connectivity index (χ3v) is 5.08. The van der Waals surface area contributed by atoms with Crippen molar-refractivity contribution in [1.82, 2.24) is 19.8 Å². The number of imidazole rings is 1. The van der Waals surface area contributed by atoms with Crippen LogP contribution < -0.4 is 5.32 Å². The molecule has 0 saturated carbocycles. The number of aromatic nitrogens is 2. The number of carbonyl (C=O) groups is 2. The maximum atomic E-state index is 12.6. The summed E-state index contributed by atoms with van der Waals surface area (Å²) in [7, 11) is 1.91. The largest absolute Gasteiger partial charge is 0.343 e. The summed E-state index contributed by atoms with van der Waals surface area (Å²) in [5.41, 5.74) is 0.971. The van der Waals surface area contributed by atoms with E-state index in [2.05, 4.69) is 10.3 Å². The normalized spacial score (nSPS) is 15.8. The number of benzene rings is 1. The maximum absolute atomic E-state index is 12.6. The molecule has 3 rings (SSSR count). The van der Waals surface area contributed by atoms with Crippen molar-refractivity contribution in [1.29, 1.82) is 0 Å². The van der Waals surface area contributed by atoms with Gasteiger partial charge in [-0.1, -0.05) is 43.2 Å². The minimum atomic E-state index is -0.327. The molecule has 27 heavy (non-hydrogen) atoms. The highest BCUT2D eigenvalue weighted by atomic mass is 16.2. The molecule has 2 aromatic rings. The molecule has 1 saturated heterocycles. The van der Waals surface area contributed by atoms with E-state index in [1.807, 2.05) is 53.0 Å². The van der Waals surface area contributed by atoms with Crippen molar-refractivity contribution in [2.24, 2.45) is 7.05 Å². The van der Waals surface area contributed by atoms with E-state index in [1.165, 1.54) is 12.8 Å². The van der Waals surface area contributed by atoms with E-state index in [0.29, 0.717) is 0 Å². The summed E-state index contributed by atoms with van der Waals surface area (Å²) in [6.07, 6.45) is 8.54. The van der Waals surface area contributed by atoms with Gasteiger partial charge in [0.1, 0.15) is 11.9 Å². The predicted octanol–water partition coefficient (Wildman–Crippen LogP) is 2.81. The molecule has 1 aliphatic heterocycles. The third-order valence-electron chi connectivity index (χ3n) is 5.08. The van der Waals surface area contributed by atoms with Gasteiger partial charge in [0.05, 0.1) is 0 Å². The van der Waals surface area contributed by atoms with Gasteiger partial charge in [-0.15, -0.1) is 0 Å². The summed E-state index contributed by atoms with van der Waals surface area (Å²) in [4.78, 5) is 31.3. The average Bonchev–Trinajstić information content (AvgIpc) is 2.94. The van der Waals surface area contributed by atoms with Gasteiger partial charge in [0.25, 0.3) is 0 Å². The number of carbonyl (C=O) groups excluding carboxylic acids is 2. The van der Waals surface area contributed by atoms with Crippen molar-refractivity contribution >= 4 is 11.8 Å². The van der Waals surface area contributed by atoms with Gasteiger partial charge in [0.2, 0.25) is 11.8 Å². The topological polar surface area (TPSA) is 67.2 Å². The quantitative estimate of drug-likeness (QED) is 0.853. The maximum Gasteiger partial charge on any atom is 0.223 e. The molecule has 0 spiro atoms. The molecule has 0 aliphatic carbocycles. The SMILES string of the molecule is Cn1ccnc1[C@H](NC(=O)CCC(=O)N1CCCCCC1)c1ccccc1. The fourth-order valence-electron chi connectivity index (χ4n) is 3.53. The Hall–Kier alpha value is -2.63. The van der Waals surface area contributed by atoms with Crippen LogP contribution in [-0.2, 0) is 16.6 Å². The van der Waals surface area contributed by atoms with Gasteiger partial charge in [-0.05, 0) is 18.4 Å². The Balaban J connectivity index is 1.61. The van der Waals surface area contributed by atoms with Crippen molar-refractivity contribution in [3.05, 3.63) is 54.1 Å². The van der Waals surface area contributed by atoms with Crippen LogP contribution in [0.2, 0.25) is 0 Å². The van der Waals surface area contributed by atoms with E-state index in [-0.39, 0.29) is 30.7 Å². The Kier molecular flexibility index (Phi) is 6.63. The summed E-state index contributed by atoms with van der Waals surface area (Å²) in [5, 5.41) is 3.05. The van der Waals surface area contributed by atoms with Crippen LogP contribution in [0.1, 0.15) is 56.0 Å². The van der Waals surface area contributed by atoms with Gasteiger partial charge >= 0.3 is 0 Å². The first-order valence-electron chi connectivity index (χ1n) is 9.74. The van der Waals surface area contributed by atoms with Gasteiger partial charge in [0.15, 0.2) is 0 Å². The first kappa shape index (κ1) is 19.1. The van der Waals surface area contributed by atoms with Gasteiger partial charge in [-0.3, -0.25) is 9.59 Å². The molecule has 1 N–H and O–H groups in total. The van der Waals surface area contributed by atoms with Gasteiger partial charge in [0, 0.05) is 45.4 Å². The third kappa shape index (κ3) is 5.18. The first-order valence-corrected chi connectivity index (χ1v) is 9.74. The van der Waals surface area contributed by atoms with E-state index in [9.17, 15) is 9.59 Å². The molecule has 0 bridgehead atoms. The van der Waals surface area contributed by atoms with Crippen molar-refractivity contribution < 1.29 is 9.59 Å². The van der Waals surface area contributed by atoms with Crippen LogP contribution in [0.5, 0.6) is 0 Å².